The fourth-order valence-electron chi connectivity index (χ4n) is 2.33. The van der Waals surface area contributed by atoms with E-state index >= 15 is 0 Å². The average molecular weight is 436 g/mol. The third-order valence-electron chi connectivity index (χ3n) is 3.23. The van der Waals surface area contributed by atoms with Crippen LogP contribution in [0.2, 0.25) is 5.02 Å². The van der Waals surface area contributed by atoms with Gasteiger partial charge in [0.1, 0.15) is 0 Å². The summed E-state index contributed by atoms with van der Waals surface area (Å²) in [4.78, 5) is 0. The molecule has 0 spiro atoms. The number of nitrogens with zero attached hydrogens (tertiary/aromatic N) is 2. The Kier molecular flexibility index (Phi) is 5.88. The Morgan fingerprint density at radius 1 is 1.33 bits per heavy atom. The van der Waals surface area contributed by atoms with Gasteiger partial charge in [0, 0.05) is 15.5 Å². The first-order chi connectivity index (χ1) is 9.95. The number of halogens is 3. The van der Waals surface area contributed by atoms with E-state index in [1.807, 2.05) is 23.0 Å². The van der Waals surface area contributed by atoms with E-state index in [1.165, 1.54) is 0 Å². The SMILES string of the molecule is CCNC(c1cc(Br)ccc1Cl)c1c(Br)cnn1C(C)C. The minimum atomic E-state index is -0.0146. The Morgan fingerprint density at radius 3 is 2.67 bits per heavy atom. The van der Waals surface area contributed by atoms with Gasteiger partial charge in [0.05, 0.1) is 22.4 Å². The normalized spacial score (nSPS) is 12.9. The summed E-state index contributed by atoms with van der Waals surface area (Å²) in [5, 5.41) is 8.72. The smallest absolute Gasteiger partial charge is 0.0774 e. The van der Waals surface area contributed by atoms with Gasteiger partial charge in [0.15, 0.2) is 0 Å². The molecule has 21 heavy (non-hydrogen) atoms. The topological polar surface area (TPSA) is 29.9 Å². The average Bonchev–Trinajstić information content (AvgIpc) is 2.81. The Labute approximate surface area is 147 Å². The van der Waals surface area contributed by atoms with E-state index in [-0.39, 0.29) is 12.1 Å². The van der Waals surface area contributed by atoms with E-state index in [2.05, 4.69) is 69.1 Å². The number of benzene rings is 1. The van der Waals surface area contributed by atoms with Crippen LogP contribution in [0.3, 0.4) is 0 Å². The maximum absolute atomic E-state index is 6.42. The number of hydrogen-bond donors (Lipinski definition) is 1. The molecule has 1 heterocycles. The lowest BCUT2D eigenvalue weighted by atomic mass is 10.0. The summed E-state index contributed by atoms with van der Waals surface area (Å²) in [5.41, 5.74) is 2.13. The van der Waals surface area contributed by atoms with Crippen LogP contribution in [0.4, 0.5) is 0 Å². The molecule has 114 valence electrons. The first-order valence-electron chi connectivity index (χ1n) is 6.87. The molecule has 0 saturated carbocycles. The van der Waals surface area contributed by atoms with E-state index in [0.29, 0.717) is 0 Å². The van der Waals surface area contributed by atoms with Crippen molar-refractivity contribution in [2.45, 2.75) is 32.9 Å². The first kappa shape index (κ1) is 17.0. The zero-order chi connectivity index (χ0) is 15.6. The zero-order valence-corrected chi connectivity index (χ0v) is 16.1. The third kappa shape index (κ3) is 3.70. The van der Waals surface area contributed by atoms with Gasteiger partial charge in [-0.1, -0.05) is 34.5 Å². The van der Waals surface area contributed by atoms with Crippen molar-refractivity contribution in [2.24, 2.45) is 0 Å². The van der Waals surface area contributed by atoms with Crippen LogP contribution in [-0.4, -0.2) is 16.3 Å². The van der Waals surface area contributed by atoms with Gasteiger partial charge in [-0.2, -0.15) is 5.10 Å². The van der Waals surface area contributed by atoms with E-state index in [4.69, 9.17) is 11.6 Å². The quantitative estimate of drug-likeness (QED) is 0.687. The lowest BCUT2D eigenvalue weighted by Gasteiger charge is -2.23. The molecule has 0 amide bonds. The van der Waals surface area contributed by atoms with Crippen LogP contribution in [0.1, 0.15) is 44.1 Å². The van der Waals surface area contributed by atoms with Crippen molar-refractivity contribution >= 4 is 43.5 Å². The first-order valence-corrected chi connectivity index (χ1v) is 8.83. The fraction of sp³-hybridized carbons (Fsp3) is 0.400. The minimum absolute atomic E-state index is 0.0146. The van der Waals surface area contributed by atoms with E-state index in [0.717, 1.165) is 31.8 Å². The van der Waals surface area contributed by atoms with Crippen LogP contribution in [0.15, 0.2) is 33.3 Å². The molecule has 2 rings (SSSR count). The van der Waals surface area contributed by atoms with Crippen molar-refractivity contribution in [3.63, 3.8) is 0 Å². The second-order valence-corrected chi connectivity index (χ2v) is 7.25. The monoisotopic (exact) mass is 433 g/mol. The Balaban J connectivity index is 2.59. The summed E-state index contributed by atoms with van der Waals surface area (Å²) in [7, 11) is 0. The van der Waals surface area contributed by atoms with Gasteiger partial charge in [0.25, 0.3) is 0 Å². The van der Waals surface area contributed by atoms with Gasteiger partial charge in [-0.3, -0.25) is 4.68 Å². The molecule has 0 radical (unpaired) electrons. The molecule has 1 atom stereocenters. The Bertz CT molecular complexity index is 625. The van der Waals surface area contributed by atoms with Gasteiger partial charge in [-0.15, -0.1) is 0 Å². The Hall–Kier alpha value is -0.360. The van der Waals surface area contributed by atoms with E-state index in [9.17, 15) is 0 Å². The molecule has 0 aliphatic rings. The molecule has 3 nitrogen and oxygen atoms in total. The highest BCUT2D eigenvalue weighted by Crippen LogP contribution is 2.35. The van der Waals surface area contributed by atoms with Crippen LogP contribution >= 0.6 is 43.5 Å². The van der Waals surface area contributed by atoms with Gasteiger partial charge < -0.3 is 5.32 Å². The van der Waals surface area contributed by atoms with Crippen LogP contribution in [-0.2, 0) is 0 Å². The molecule has 6 heteroatoms. The van der Waals surface area contributed by atoms with E-state index < -0.39 is 0 Å². The number of nitrogens with one attached hydrogen (secondary N) is 1. The second kappa shape index (κ2) is 7.27. The molecule has 0 bridgehead atoms. The number of rotatable bonds is 5. The molecular weight excluding hydrogens is 417 g/mol. The summed E-state index contributed by atoms with van der Waals surface area (Å²) in [5.74, 6) is 0. The molecular formula is C15H18Br2ClN3. The highest BCUT2D eigenvalue weighted by Gasteiger charge is 2.24. The van der Waals surface area contributed by atoms with Crippen LogP contribution in [0.25, 0.3) is 0 Å². The van der Waals surface area contributed by atoms with Crippen molar-refractivity contribution in [3.8, 4) is 0 Å². The summed E-state index contributed by atoms with van der Waals surface area (Å²) >= 11 is 13.6. The molecule has 0 aliphatic heterocycles. The molecule has 0 aliphatic carbocycles. The number of aromatic nitrogens is 2. The highest BCUT2D eigenvalue weighted by atomic mass is 79.9. The van der Waals surface area contributed by atoms with Gasteiger partial charge in [0.2, 0.25) is 0 Å². The molecule has 2 aromatic rings. The minimum Gasteiger partial charge on any atom is -0.305 e. The third-order valence-corrected chi connectivity index (χ3v) is 4.68. The summed E-state index contributed by atoms with van der Waals surface area (Å²) in [6, 6.07) is 6.18. The number of hydrogen-bond acceptors (Lipinski definition) is 2. The van der Waals surface area contributed by atoms with Crippen molar-refractivity contribution in [2.75, 3.05) is 6.54 Å². The highest BCUT2D eigenvalue weighted by molar-refractivity contribution is 9.10. The predicted octanol–water partition coefficient (Wildman–Crippen LogP) is 5.34. The second-order valence-electron chi connectivity index (χ2n) is 5.07. The van der Waals surface area contributed by atoms with Crippen molar-refractivity contribution in [1.82, 2.24) is 15.1 Å². The van der Waals surface area contributed by atoms with Gasteiger partial charge in [-0.25, -0.2) is 0 Å². The van der Waals surface area contributed by atoms with Crippen molar-refractivity contribution in [3.05, 3.63) is 49.6 Å². The van der Waals surface area contributed by atoms with Crippen LogP contribution < -0.4 is 5.32 Å². The Morgan fingerprint density at radius 2 is 2.05 bits per heavy atom. The van der Waals surface area contributed by atoms with Crippen LogP contribution in [0, 0.1) is 0 Å². The molecule has 1 aromatic carbocycles. The fourth-order valence-corrected chi connectivity index (χ4v) is 3.43. The van der Waals surface area contributed by atoms with E-state index in [1.54, 1.807) is 0 Å². The largest absolute Gasteiger partial charge is 0.305 e. The molecule has 0 fully saturated rings. The summed E-state index contributed by atoms with van der Waals surface area (Å²) < 4.78 is 4.02. The van der Waals surface area contributed by atoms with Gasteiger partial charge >= 0.3 is 0 Å². The standard InChI is InChI=1S/C15H18Br2ClN3/c1-4-19-14(11-7-10(16)5-6-13(11)18)15-12(17)8-20-21(15)9(2)3/h5-9,14,19H,4H2,1-3H3. The molecule has 1 aromatic heterocycles. The predicted molar refractivity (Wildman–Crippen MR) is 95.0 cm³/mol. The summed E-state index contributed by atoms with van der Waals surface area (Å²) in [6.07, 6.45) is 1.84. The molecule has 1 N–H and O–H groups in total. The maximum atomic E-state index is 6.42. The lowest BCUT2D eigenvalue weighted by molar-refractivity contribution is 0.475. The van der Waals surface area contributed by atoms with Gasteiger partial charge in [-0.05, 0) is 60.1 Å². The molecule has 0 saturated heterocycles. The lowest BCUT2D eigenvalue weighted by Crippen LogP contribution is -2.26. The summed E-state index contributed by atoms with van der Waals surface area (Å²) in [6.45, 7) is 7.16. The van der Waals surface area contributed by atoms with Crippen molar-refractivity contribution in [1.29, 1.82) is 0 Å². The van der Waals surface area contributed by atoms with Crippen molar-refractivity contribution < 1.29 is 0 Å². The zero-order valence-electron chi connectivity index (χ0n) is 12.2. The maximum Gasteiger partial charge on any atom is 0.0774 e. The van der Waals surface area contributed by atoms with Crippen LogP contribution in [0.5, 0.6) is 0 Å². The molecule has 1 unspecified atom stereocenters.